The van der Waals surface area contributed by atoms with E-state index in [0.29, 0.717) is 11.1 Å². The van der Waals surface area contributed by atoms with E-state index in [-0.39, 0.29) is 22.3 Å². The number of halogens is 5. The molecule has 2 aromatic heterocycles. The van der Waals surface area contributed by atoms with Gasteiger partial charge in [-0.3, -0.25) is 9.78 Å². The van der Waals surface area contributed by atoms with Crippen molar-refractivity contribution in [3.8, 4) is 11.4 Å². The summed E-state index contributed by atoms with van der Waals surface area (Å²) < 4.78 is 40.5. The molecule has 9 heteroatoms. The Hall–Kier alpha value is -2.38. The molecule has 0 aliphatic carbocycles. The highest BCUT2D eigenvalue weighted by molar-refractivity contribution is 6.42. The fourth-order valence-corrected chi connectivity index (χ4v) is 2.72. The van der Waals surface area contributed by atoms with Gasteiger partial charge in [0.15, 0.2) is 5.69 Å². The number of H-pyrrole nitrogens is 1. The number of aromatic amines is 1. The van der Waals surface area contributed by atoms with Crippen LogP contribution in [0.2, 0.25) is 10.0 Å². The predicted molar refractivity (Wildman–Crippen MR) is 92.4 cm³/mol. The molecule has 0 saturated carbocycles. The van der Waals surface area contributed by atoms with E-state index >= 15 is 0 Å². The van der Waals surface area contributed by atoms with E-state index in [1.807, 2.05) is 0 Å². The van der Waals surface area contributed by atoms with Crippen LogP contribution in [0.1, 0.15) is 16.8 Å². The third kappa shape index (κ3) is 3.89. The second-order valence-corrected chi connectivity index (χ2v) is 6.21. The molecular formula is C17H10Cl2F3N3O. The van der Waals surface area contributed by atoms with Crippen LogP contribution in [0.15, 0.2) is 47.5 Å². The van der Waals surface area contributed by atoms with Gasteiger partial charge in [0.05, 0.1) is 15.6 Å². The summed E-state index contributed by atoms with van der Waals surface area (Å²) in [5, 5.41) is 0.460. The van der Waals surface area contributed by atoms with E-state index in [9.17, 15) is 18.0 Å². The molecule has 134 valence electrons. The molecule has 0 radical (unpaired) electrons. The Labute approximate surface area is 155 Å². The molecule has 0 atom stereocenters. The van der Waals surface area contributed by atoms with Crippen molar-refractivity contribution in [3.63, 3.8) is 0 Å². The lowest BCUT2D eigenvalue weighted by Crippen LogP contribution is -2.24. The number of pyridine rings is 1. The maximum Gasteiger partial charge on any atom is 0.433 e. The van der Waals surface area contributed by atoms with Crippen LogP contribution in [0, 0.1) is 0 Å². The number of nitrogens with zero attached hydrogens (tertiary/aromatic N) is 2. The average Bonchev–Trinajstić information content (AvgIpc) is 2.59. The van der Waals surface area contributed by atoms with Crippen LogP contribution < -0.4 is 5.56 Å². The topological polar surface area (TPSA) is 58.6 Å². The van der Waals surface area contributed by atoms with Crippen LogP contribution in [0.5, 0.6) is 0 Å². The van der Waals surface area contributed by atoms with Crippen molar-refractivity contribution >= 4 is 23.2 Å². The van der Waals surface area contributed by atoms with Crippen molar-refractivity contribution in [2.45, 2.75) is 12.6 Å². The van der Waals surface area contributed by atoms with Gasteiger partial charge in [0.2, 0.25) is 0 Å². The van der Waals surface area contributed by atoms with Gasteiger partial charge in [-0.15, -0.1) is 0 Å². The average molecular weight is 400 g/mol. The maximum absolute atomic E-state index is 13.5. The minimum absolute atomic E-state index is 0.178. The summed E-state index contributed by atoms with van der Waals surface area (Å²) in [5.41, 5.74) is -1.87. The first-order valence-corrected chi connectivity index (χ1v) is 8.06. The van der Waals surface area contributed by atoms with Gasteiger partial charge in [-0.2, -0.15) is 13.2 Å². The molecule has 0 saturated heterocycles. The molecule has 0 unspecified atom stereocenters. The summed E-state index contributed by atoms with van der Waals surface area (Å²) in [4.78, 5) is 22.2. The molecule has 0 spiro atoms. The molecule has 0 fully saturated rings. The first-order valence-electron chi connectivity index (χ1n) is 7.30. The van der Waals surface area contributed by atoms with Crippen molar-refractivity contribution in [3.05, 3.63) is 79.9 Å². The Morgan fingerprint density at radius 2 is 1.73 bits per heavy atom. The van der Waals surface area contributed by atoms with Crippen molar-refractivity contribution < 1.29 is 13.2 Å². The highest BCUT2D eigenvalue weighted by atomic mass is 35.5. The third-order valence-corrected chi connectivity index (χ3v) is 4.34. The number of benzene rings is 1. The lowest BCUT2D eigenvalue weighted by atomic mass is 10.0. The number of alkyl halides is 3. The van der Waals surface area contributed by atoms with Gasteiger partial charge in [0, 0.05) is 24.4 Å². The maximum atomic E-state index is 13.5. The van der Waals surface area contributed by atoms with Crippen LogP contribution in [-0.2, 0) is 12.6 Å². The summed E-state index contributed by atoms with van der Waals surface area (Å²) in [6, 6.07) is 7.29. The molecule has 2 heterocycles. The van der Waals surface area contributed by atoms with Crippen LogP contribution in [0.25, 0.3) is 11.4 Å². The molecular weight excluding hydrogens is 390 g/mol. The first-order chi connectivity index (χ1) is 12.3. The minimum atomic E-state index is -4.79. The first kappa shape index (κ1) is 18.4. The van der Waals surface area contributed by atoms with E-state index in [1.165, 1.54) is 42.7 Å². The molecule has 0 aliphatic rings. The van der Waals surface area contributed by atoms with Gasteiger partial charge >= 0.3 is 6.18 Å². The highest BCUT2D eigenvalue weighted by Crippen LogP contribution is 2.32. The van der Waals surface area contributed by atoms with E-state index in [1.54, 1.807) is 0 Å². The Bertz CT molecular complexity index is 1000. The van der Waals surface area contributed by atoms with Crippen LogP contribution in [-0.4, -0.2) is 15.0 Å². The fourth-order valence-electron chi connectivity index (χ4n) is 2.40. The van der Waals surface area contributed by atoms with Crippen molar-refractivity contribution in [2.75, 3.05) is 0 Å². The van der Waals surface area contributed by atoms with Gasteiger partial charge in [-0.25, -0.2) is 4.98 Å². The van der Waals surface area contributed by atoms with Gasteiger partial charge in [-0.05, 0) is 29.8 Å². The van der Waals surface area contributed by atoms with Crippen molar-refractivity contribution in [1.29, 1.82) is 0 Å². The van der Waals surface area contributed by atoms with E-state index in [0.717, 1.165) is 0 Å². The minimum Gasteiger partial charge on any atom is -0.306 e. The lowest BCUT2D eigenvalue weighted by molar-refractivity contribution is -0.141. The highest BCUT2D eigenvalue weighted by Gasteiger charge is 2.37. The Morgan fingerprint density at radius 1 is 1.04 bits per heavy atom. The molecule has 1 aromatic carbocycles. The molecule has 4 nitrogen and oxygen atoms in total. The molecule has 26 heavy (non-hydrogen) atoms. The lowest BCUT2D eigenvalue weighted by Gasteiger charge is -2.13. The largest absolute Gasteiger partial charge is 0.433 e. The second-order valence-electron chi connectivity index (χ2n) is 5.40. The standard InChI is InChI=1S/C17H10Cl2F3N3O/c18-12-2-1-9(8-13(12)19)7-11-14(17(20,21)22)24-15(25-16(11)26)10-3-5-23-6-4-10/h1-6,8H,7H2,(H,24,25,26). The zero-order valence-electron chi connectivity index (χ0n) is 12.9. The molecule has 3 rings (SSSR count). The zero-order chi connectivity index (χ0) is 18.9. The van der Waals surface area contributed by atoms with Crippen molar-refractivity contribution in [2.24, 2.45) is 0 Å². The van der Waals surface area contributed by atoms with Crippen LogP contribution in [0.4, 0.5) is 13.2 Å². The van der Waals surface area contributed by atoms with E-state index in [4.69, 9.17) is 23.2 Å². The van der Waals surface area contributed by atoms with Crippen LogP contribution >= 0.6 is 23.2 Å². The summed E-state index contributed by atoms with van der Waals surface area (Å²) in [5.74, 6) is -0.178. The molecule has 1 N–H and O–H groups in total. The zero-order valence-corrected chi connectivity index (χ0v) is 14.5. The van der Waals surface area contributed by atoms with Gasteiger partial charge in [0.1, 0.15) is 5.82 Å². The Balaban J connectivity index is 2.12. The number of aromatic nitrogens is 3. The second kappa shape index (κ2) is 7.09. The quantitative estimate of drug-likeness (QED) is 0.691. The molecule has 0 amide bonds. The summed E-state index contributed by atoms with van der Waals surface area (Å²) in [6.07, 6.45) is -2.29. The third-order valence-electron chi connectivity index (χ3n) is 3.60. The van der Waals surface area contributed by atoms with Gasteiger partial charge in [0.25, 0.3) is 5.56 Å². The molecule has 0 bridgehead atoms. The molecule has 0 aliphatic heterocycles. The predicted octanol–water partition coefficient (Wildman–Crippen LogP) is 4.75. The molecule has 3 aromatic rings. The summed E-state index contributed by atoms with van der Waals surface area (Å²) >= 11 is 11.7. The normalized spacial score (nSPS) is 11.6. The number of hydrogen-bond acceptors (Lipinski definition) is 3. The van der Waals surface area contributed by atoms with Gasteiger partial charge in [-0.1, -0.05) is 29.3 Å². The van der Waals surface area contributed by atoms with E-state index in [2.05, 4.69) is 15.0 Å². The smallest absolute Gasteiger partial charge is 0.306 e. The monoisotopic (exact) mass is 399 g/mol. The summed E-state index contributed by atoms with van der Waals surface area (Å²) in [7, 11) is 0. The van der Waals surface area contributed by atoms with Crippen LogP contribution in [0.3, 0.4) is 0 Å². The van der Waals surface area contributed by atoms with Gasteiger partial charge < -0.3 is 4.98 Å². The van der Waals surface area contributed by atoms with Crippen molar-refractivity contribution in [1.82, 2.24) is 15.0 Å². The number of nitrogens with one attached hydrogen (secondary N) is 1. The number of rotatable bonds is 3. The fraction of sp³-hybridized carbons (Fsp3) is 0.118. The van der Waals surface area contributed by atoms with E-state index < -0.39 is 23.0 Å². The number of hydrogen-bond donors (Lipinski definition) is 1. The summed E-state index contributed by atoms with van der Waals surface area (Å²) in [6.45, 7) is 0. The SMILES string of the molecule is O=c1[nH]c(-c2ccncc2)nc(C(F)(F)F)c1Cc1ccc(Cl)c(Cl)c1. The Morgan fingerprint density at radius 3 is 2.35 bits per heavy atom. The Kier molecular flexibility index (Phi) is 5.02.